The zero-order valence-electron chi connectivity index (χ0n) is 13.8. The van der Waals surface area contributed by atoms with Crippen LogP contribution in [-0.4, -0.2) is 15.7 Å². The summed E-state index contributed by atoms with van der Waals surface area (Å²) in [5.41, 5.74) is -0.553. The average Bonchev–Trinajstić information content (AvgIpc) is 3.17. The van der Waals surface area contributed by atoms with Crippen molar-refractivity contribution < 1.29 is 26.7 Å². The first-order valence-corrected chi connectivity index (χ1v) is 8.40. The smallest absolute Gasteiger partial charge is 0.347 e. The number of aromatic nitrogens is 2. The van der Waals surface area contributed by atoms with E-state index in [1.165, 1.54) is 19.2 Å². The summed E-state index contributed by atoms with van der Waals surface area (Å²) in [4.78, 5) is 12.8. The lowest BCUT2D eigenvalue weighted by molar-refractivity contribution is -0.143. The fourth-order valence-electron chi connectivity index (χ4n) is 2.43. The third-order valence-electron chi connectivity index (χ3n) is 3.63. The number of hydrogen-bond acceptors (Lipinski definition) is 3. The molecule has 0 saturated carbocycles. The third-order valence-corrected chi connectivity index (χ3v) is 4.73. The Bertz CT molecular complexity index is 973. The van der Waals surface area contributed by atoms with Gasteiger partial charge in [-0.3, -0.25) is 9.48 Å². The highest BCUT2D eigenvalue weighted by atomic mass is 32.1. The molecule has 2 heterocycles. The van der Waals surface area contributed by atoms with Gasteiger partial charge < -0.3 is 5.32 Å². The van der Waals surface area contributed by atoms with Crippen molar-refractivity contribution in [3.63, 3.8) is 0 Å². The predicted molar refractivity (Wildman–Crippen MR) is 89.1 cm³/mol. The van der Waals surface area contributed by atoms with E-state index in [2.05, 4.69) is 10.4 Å². The van der Waals surface area contributed by atoms with Crippen LogP contribution in [0.15, 0.2) is 36.4 Å². The van der Waals surface area contributed by atoms with Gasteiger partial charge >= 0.3 is 6.18 Å². The van der Waals surface area contributed by atoms with E-state index in [9.17, 15) is 26.7 Å². The standard InChI is InChI=1S/C17H12F5N3OS/c1-25-15(17(20,21)22)7-12(24-25)13-2-3-14(27-13)16(26)23-8-9-4-10(18)6-11(19)5-9/h2-7H,8H2,1H3,(H,23,26). The van der Waals surface area contributed by atoms with Crippen molar-refractivity contribution >= 4 is 17.2 Å². The average molecular weight is 401 g/mol. The molecular formula is C17H12F5N3OS. The highest BCUT2D eigenvalue weighted by molar-refractivity contribution is 7.17. The van der Waals surface area contributed by atoms with Crippen LogP contribution in [0.5, 0.6) is 0 Å². The van der Waals surface area contributed by atoms with Crippen LogP contribution in [-0.2, 0) is 19.8 Å². The van der Waals surface area contributed by atoms with E-state index < -0.39 is 29.4 Å². The van der Waals surface area contributed by atoms with Crippen LogP contribution in [0.4, 0.5) is 22.0 Å². The summed E-state index contributed by atoms with van der Waals surface area (Å²) in [6.45, 7) is -0.0947. The molecule has 0 unspecified atom stereocenters. The van der Waals surface area contributed by atoms with E-state index in [1.54, 1.807) is 0 Å². The number of aryl methyl sites for hydroxylation is 1. The molecule has 1 N–H and O–H groups in total. The first-order valence-electron chi connectivity index (χ1n) is 7.58. The van der Waals surface area contributed by atoms with Crippen LogP contribution in [0, 0.1) is 11.6 Å². The zero-order chi connectivity index (χ0) is 19.8. The van der Waals surface area contributed by atoms with E-state index in [1.807, 2.05) is 0 Å². The molecule has 2 aromatic heterocycles. The van der Waals surface area contributed by atoms with Crippen LogP contribution in [0.3, 0.4) is 0 Å². The van der Waals surface area contributed by atoms with Crippen molar-refractivity contribution in [2.24, 2.45) is 7.05 Å². The van der Waals surface area contributed by atoms with Crippen molar-refractivity contribution in [1.29, 1.82) is 0 Å². The largest absolute Gasteiger partial charge is 0.433 e. The van der Waals surface area contributed by atoms with E-state index in [4.69, 9.17) is 0 Å². The van der Waals surface area contributed by atoms with Crippen LogP contribution in [0.1, 0.15) is 20.9 Å². The third kappa shape index (κ3) is 4.33. The van der Waals surface area contributed by atoms with E-state index in [0.29, 0.717) is 4.88 Å². The molecule has 27 heavy (non-hydrogen) atoms. The maximum Gasteiger partial charge on any atom is 0.433 e. The van der Waals surface area contributed by atoms with Gasteiger partial charge in [0.1, 0.15) is 23.0 Å². The first-order chi connectivity index (χ1) is 12.6. The Hall–Kier alpha value is -2.75. The fourth-order valence-corrected chi connectivity index (χ4v) is 3.31. The van der Waals surface area contributed by atoms with E-state index >= 15 is 0 Å². The monoisotopic (exact) mass is 401 g/mol. The van der Waals surface area contributed by atoms with Gasteiger partial charge in [-0.2, -0.15) is 18.3 Å². The van der Waals surface area contributed by atoms with E-state index in [0.717, 1.165) is 40.3 Å². The lowest BCUT2D eigenvalue weighted by Gasteiger charge is -2.04. The molecule has 1 amide bonds. The number of alkyl halides is 3. The highest BCUT2D eigenvalue weighted by Gasteiger charge is 2.35. The molecule has 142 valence electrons. The van der Waals surface area contributed by atoms with Gasteiger partial charge in [-0.25, -0.2) is 8.78 Å². The summed E-state index contributed by atoms with van der Waals surface area (Å²) in [6.07, 6.45) is -4.53. The van der Waals surface area contributed by atoms with Gasteiger partial charge in [-0.05, 0) is 35.9 Å². The Morgan fingerprint density at radius 1 is 1.15 bits per heavy atom. The molecule has 3 aromatic rings. The summed E-state index contributed by atoms with van der Waals surface area (Å²) in [5, 5.41) is 6.33. The van der Waals surface area contributed by atoms with Crippen molar-refractivity contribution in [1.82, 2.24) is 15.1 Å². The van der Waals surface area contributed by atoms with Gasteiger partial charge in [0.15, 0.2) is 0 Å². The number of hydrogen-bond donors (Lipinski definition) is 1. The number of carbonyl (C=O) groups is 1. The van der Waals surface area contributed by atoms with Crippen LogP contribution < -0.4 is 5.32 Å². The molecular weight excluding hydrogens is 389 g/mol. The minimum Gasteiger partial charge on any atom is -0.347 e. The lowest BCUT2D eigenvalue weighted by atomic mass is 10.2. The summed E-state index contributed by atoms with van der Waals surface area (Å²) in [6, 6.07) is 6.75. The summed E-state index contributed by atoms with van der Waals surface area (Å²) < 4.78 is 65.6. The van der Waals surface area contributed by atoms with Gasteiger partial charge in [-0.1, -0.05) is 0 Å². The van der Waals surface area contributed by atoms with Gasteiger partial charge in [-0.15, -0.1) is 11.3 Å². The normalized spacial score (nSPS) is 11.6. The molecule has 0 aliphatic rings. The zero-order valence-corrected chi connectivity index (χ0v) is 14.6. The number of amides is 1. The number of carbonyl (C=O) groups excluding carboxylic acids is 1. The van der Waals surface area contributed by atoms with Crippen molar-refractivity contribution in [2.45, 2.75) is 12.7 Å². The Kier molecular flexibility index (Phi) is 5.01. The Morgan fingerprint density at radius 2 is 1.81 bits per heavy atom. The maximum atomic E-state index is 13.1. The molecule has 0 fully saturated rings. The van der Waals surface area contributed by atoms with Crippen molar-refractivity contribution in [3.8, 4) is 10.6 Å². The molecule has 3 rings (SSSR count). The minimum atomic E-state index is -4.53. The van der Waals surface area contributed by atoms with Crippen molar-refractivity contribution in [3.05, 3.63) is 64.2 Å². The molecule has 0 radical (unpaired) electrons. The number of nitrogens with zero attached hydrogens (tertiary/aromatic N) is 2. The first kappa shape index (κ1) is 19.0. The molecule has 0 saturated heterocycles. The number of nitrogens with one attached hydrogen (secondary N) is 1. The van der Waals surface area contributed by atoms with Crippen LogP contribution in [0.25, 0.3) is 10.6 Å². The molecule has 0 bridgehead atoms. The van der Waals surface area contributed by atoms with Crippen LogP contribution >= 0.6 is 11.3 Å². The highest BCUT2D eigenvalue weighted by Crippen LogP contribution is 2.34. The van der Waals surface area contributed by atoms with E-state index in [-0.39, 0.29) is 22.7 Å². The SMILES string of the molecule is Cn1nc(-c2ccc(C(=O)NCc3cc(F)cc(F)c3)s2)cc1C(F)(F)F. The number of thiophene rings is 1. The summed E-state index contributed by atoms with van der Waals surface area (Å²) in [7, 11) is 1.19. The number of benzene rings is 1. The molecule has 0 spiro atoms. The Balaban J connectivity index is 1.73. The topological polar surface area (TPSA) is 46.9 Å². The summed E-state index contributed by atoms with van der Waals surface area (Å²) >= 11 is 0.965. The van der Waals surface area contributed by atoms with Gasteiger partial charge in [0.25, 0.3) is 5.91 Å². The molecule has 4 nitrogen and oxygen atoms in total. The lowest BCUT2D eigenvalue weighted by Crippen LogP contribution is -2.21. The second-order valence-corrected chi connectivity index (χ2v) is 6.74. The van der Waals surface area contributed by atoms with Gasteiger partial charge in [0, 0.05) is 19.7 Å². The second-order valence-electron chi connectivity index (χ2n) is 5.66. The predicted octanol–water partition coefficient (Wildman–Crippen LogP) is 4.38. The quantitative estimate of drug-likeness (QED) is 0.660. The fraction of sp³-hybridized carbons (Fsp3) is 0.176. The van der Waals surface area contributed by atoms with Gasteiger partial charge in [0.2, 0.25) is 0 Å². The molecule has 0 aliphatic heterocycles. The minimum absolute atomic E-state index is 0.0947. The van der Waals surface area contributed by atoms with Crippen LogP contribution in [0.2, 0.25) is 0 Å². The Morgan fingerprint density at radius 3 is 2.41 bits per heavy atom. The number of rotatable bonds is 4. The Labute approximate surface area is 154 Å². The maximum absolute atomic E-state index is 13.1. The number of halogens is 5. The molecule has 0 aliphatic carbocycles. The van der Waals surface area contributed by atoms with Crippen molar-refractivity contribution in [2.75, 3.05) is 0 Å². The summed E-state index contributed by atoms with van der Waals surface area (Å²) in [5.74, 6) is -2.02. The second kappa shape index (κ2) is 7.10. The molecule has 1 aromatic carbocycles. The molecule has 0 atom stereocenters. The molecule has 10 heteroatoms. The van der Waals surface area contributed by atoms with Gasteiger partial charge in [0.05, 0.1) is 9.75 Å².